The highest BCUT2D eigenvalue weighted by Gasteiger charge is 2.43. The Bertz CT molecular complexity index is 2530. The van der Waals surface area contributed by atoms with Crippen LogP contribution >= 0.6 is 0 Å². The summed E-state index contributed by atoms with van der Waals surface area (Å²) in [4.78, 5) is 195. The minimum absolute atomic E-state index is 0.201. The number of nitro groups is 1. The molecule has 0 fully saturated rings. The first-order valence-electron chi connectivity index (χ1n) is 38.3. The molecule has 0 bridgehead atoms. The van der Waals surface area contributed by atoms with E-state index in [9.17, 15) is 58.1 Å². The lowest BCUT2D eigenvalue weighted by Gasteiger charge is -2.39. The maximum absolute atomic E-state index is 15.4. The van der Waals surface area contributed by atoms with Crippen molar-refractivity contribution in [3.63, 3.8) is 0 Å². The Kier molecular flexibility index (Phi) is 39.9. The fourth-order valence-electron chi connectivity index (χ4n) is 11.7. The minimum Gasteiger partial charge on any atom is -0.460 e. The highest BCUT2D eigenvalue weighted by Crippen LogP contribution is 2.35. The first-order valence-corrected chi connectivity index (χ1v) is 38.3. The smallest absolute Gasteiger partial charge is 0.306 e. The molecule has 0 aromatic rings. The van der Waals surface area contributed by atoms with E-state index in [0.29, 0.717) is 0 Å². The SMILES string of the molecule is CC(C)(C)OC(=O)CCC(CCC(=O)OC(C)(C)C)(CCC(=O)OC(C)(C)C)NC(=O)CCC(CCC(=O)NC(CCC(=O)OC(C)(C)C)(CCC(=O)OC(C)(C)C)CCC(=O)OC(C)(C)C)(CCC(=O)NC(CCC(=O)OC(C)(C)C)(CCC(=O)OC(C)(C)C)CCC(=O)OC(C)(C)C)NC(=O)CCC[N+](=O)[O-]. The Labute approximate surface area is 649 Å². The number of esters is 9. The fraction of sp³-hybridized carbons (Fsp3) is 0.838. The van der Waals surface area contributed by atoms with E-state index < -0.39 is 206 Å². The van der Waals surface area contributed by atoms with Gasteiger partial charge in [-0.25, -0.2) is 0 Å². The summed E-state index contributed by atoms with van der Waals surface area (Å²) in [7, 11) is 0. The molecule has 29 nitrogen and oxygen atoms in total. The van der Waals surface area contributed by atoms with Crippen LogP contribution in [0.4, 0.5) is 0 Å². The zero-order valence-electron chi connectivity index (χ0n) is 71.3. The number of hydrogen-bond acceptors (Lipinski definition) is 24. The number of nitrogens with one attached hydrogen (secondary N) is 4. The van der Waals surface area contributed by atoms with Gasteiger partial charge in [-0.2, -0.15) is 0 Å². The monoisotopic (exact) mass is 1550 g/mol. The van der Waals surface area contributed by atoms with Crippen molar-refractivity contribution < 1.29 is 110 Å². The van der Waals surface area contributed by atoms with Gasteiger partial charge < -0.3 is 63.9 Å². The van der Waals surface area contributed by atoms with Crippen LogP contribution in [0.3, 0.4) is 0 Å². The van der Waals surface area contributed by atoms with Crippen LogP contribution in [0.15, 0.2) is 0 Å². The first-order chi connectivity index (χ1) is 49.0. The summed E-state index contributed by atoms with van der Waals surface area (Å²) in [5.41, 5.74) is -15.2. The molecule has 0 aliphatic heterocycles. The molecule has 0 aliphatic rings. The third-order valence-corrected chi connectivity index (χ3v) is 15.9. The van der Waals surface area contributed by atoms with E-state index in [1.54, 1.807) is 187 Å². The lowest BCUT2D eigenvalue weighted by molar-refractivity contribution is -0.480. The lowest BCUT2D eigenvalue weighted by Crippen LogP contribution is -2.54. The van der Waals surface area contributed by atoms with Gasteiger partial charge >= 0.3 is 53.7 Å². The molecule has 0 atom stereocenters. The Morgan fingerprint density at radius 3 is 0.459 bits per heavy atom. The molecule has 4 N–H and O–H groups in total. The van der Waals surface area contributed by atoms with Gasteiger partial charge in [-0.1, -0.05) is 0 Å². The molecule has 0 rings (SSSR count). The first kappa shape index (κ1) is 102. The van der Waals surface area contributed by atoms with E-state index >= 15 is 14.4 Å². The summed E-state index contributed by atoms with van der Waals surface area (Å²) >= 11 is 0. The van der Waals surface area contributed by atoms with Crippen molar-refractivity contribution in [3.8, 4) is 0 Å². The van der Waals surface area contributed by atoms with Crippen LogP contribution in [0.25, 0.3) is 0 Å². The number of nitrogens with zero attached hydrogens (tertiary/aromatic N) is 1. The highest BCUT2D eigenvalue weighted by atomic mass is 16.6. The summed E-state index contributed by atoms with van der Waals surface area (Å²) in [6, 6.07) is 0. The maximum Gasteiger partial charge on any atom is 0.306 e. The molecule has 0 heterocycles. The molecule has 0 aliphatic carbocycles. The predicted octanol–water partition coefficient (Wildman–Crippen LogP) is 12.9. The Morgan fingerprint density at radius 1 is 0.220 bits per heavy atom. The van der Waals surface area contributed by atoms with Crippen molar-refractivity contribution in [1.29, 1.82) is 0 Å². The summed E-state index contributed by atoms with van der Waals surface area (Å²) in [6.45, 7) is 44.3. The van der Waals surface area contributed by atoms with Gasteiger partial charge in [0, 0.05) is 117 Å². The second-order valence-electron chi connectivity index (χ2n) is 37.8. The standard InChI is InChI=1S/C80H139N5O24/c1-68(2,3)101-59(90)33-45-78(46-34-60(91)102-69(4,5)6,47-35-61(92)103-70(7,8)9)82-56(87)30-42-77(81-55(86)29-28-54-85(99)100,43-31-57(88)83-79(48-36-62(93)104-71(10,11)12,49-37-63(94)105-72(13,14)15)50-38-64(95)106-73(16,17)18)44-32-58(89)84-80(51-39-65(96)107-74(19,20)21,52-40-66(97)108-75(22,23)24)53-41-67(98)109-76(25,26)27/h28-54H2,1-27H3,(H,81,86)(H,82,87)(H,83,88)(H,84,89). The molecule has 109 heavy (non-hydrogen) atoms. The van der Waals surface area contributed by atoms with Crippen molar-refractivity contribution in [2.24, 2.45) is 0 Å². The second-order valence-corrected chi connectivity index (χ2v) is 37.8. The zero-order chi connectivity index (χ0) is 84.9. The van der Waals surface area contributed by atoms with Crippen LogP contribution in [0.5, 0.6) is 0 Å². The number of hydrogen-bond donors (Lipinski definition) is 4. The minimum atomic E-state index is -1.87. The van der Waals surface area contributed by atoms with Crippen LogP contribution in [0, 0.1) is 10.1 Å². The van der Waals surface area contributed by atoms with Gasteiger partial charge in [0.05, 0.1) is 0 Å². The van der Waals surface area contributed by atoms with Gasteiger partial charge in [0.25, 0.3) is 0 Å². The predicted molar refractivity (Wildman–Crippen MR) is 408 cm³/mol. The quantitative estimate of drug-likeness (QED) is 0.0190. The largest absolute Gasteiger partial charge is 0.460 e. The summed E-state index contributed by atoms with van der Waals surface area (Å²) < 4.78 is 51.2. The van der Waals surface area contributed by atoms with Gasteiger partial charge in [-0.05, 0) is 264 Å². The van der Waals surface area contributed by atoms with Crippen molar-refractivity contribution in [2.75, 3.05) is 6.54 Å². The zero-order valence-corrected chi connectivity index (χ0v) is 71.3. The van der Waals surface area contributed by atoms with E-state index in [2.05, 4.69) is 21.3 Å². The van der Waals surface area contributed by atoms with Crippen molar-refractivity contribution in [3.05, 3.63) is 10.1 Å². The number of ether oxygens (including phenoxy) is 9. The van der Waals surface area contributed by atoms with E-state index in [1.807, 2.05) is 0 Å². The Morgan fingerprint density at radius 2 is 0.339 bits per heavy atom. The van der Waals surface area contributed by atoms with Crippen LogP contribution in [-0.4, -0.2) is 161 Å². The van der Waals surface area contributed by atoms with Crippen LogP contribution in [0.1, 0.15) is 354 Å². The lowest BCUT2D eigenvalue weighted by atomic mass is 9.80. The second kappa shape index (κ2) is 42.8. The molecule has 0 saturated heterocycles. The highest BCUT2D eigenvalue weighted by molar-refractivity contribution is 5.82. The Balaban J connectivity index is 9.23. The number of carbonyl (C=O) groups is 13. The third-order valence-electron chi connectivity index (χ3n) is 15.9. The molecule has 0 aromatic heterocycles. The van der Waals surface area contributed by atoms with Crippen molar-refractivity contribution in [2.45, 2.75) is 426 Å². The van der Waals surface area contributed by atoms with E-state index in [4.69, 9.17) is 42.6 Å². The summed E-state index contributed by atoms with van der Waals surface area (Å²) in [5, 5.41) is 23.8. The van der Waals surface area contributed by atoms with Crippen molar-refractivity contribution in [1.82, 2.24) is 21.3 Å². The van der Waals surface area contributed by atoms with E-state index in [-0.39, 0.29) is 122 Å². The third kappa shape index (κ3) is 53.1. The molecular formula is C80H139N5O24. The van der Waals surface area contributed by atoms with Crippen LogP contribution in [0.2, 0.25) is 0 Å². The molecule has 0 aromatic carbocycles. The van der Waals surface area contributed by atoms with Gasteiger partial charge in [0.1, 0.15) is 50.4 Å². The van der Waals surface area contributed by atoms with Gasteiger partial charge in [0.15, 0.2) is 0 Å². The average molecular weight is 1560 g/mol. The van der Waals surface area contributed by atoms with Gasteiger partial charge in [-0.3, -0.25) is 72.4 Å². The molecule has 4 amide bonds. The van der Waals surface area contributed by atoms with Crippen molar-refractivity contribution >= 4 is 77.4 Å². The molecule has 628 valence electrons. The number of rotatable bonds is 44. The fourth-order valence-corrected chi connectivity index (χ4v) is 11.7. The van der Waals surface area contributed by atoms with E-state index in [1.165, 1.54) is 0 Å². The molecule has 0 unspecified atom stereocenters. The summed E-state index contributed by atoms with van der Waals surface area (Å²) in [6.07, 6.45) is -8.67. The average Bonchev–Trinajstić information content (AvgIpc) is 0.894. The number of amides is 4. The van der Waals surface area contributed by atoms with Crippen LogP contribution in [-0.2, 0) is 105 Å². The molecular weight excluding hydrogens is 1410 g/mol. The topological polar surface area (TPSA) is 396 Å². The van der Waals surface area contributed by atoms with Gasteiger partial charge in [0.2, 0.25) is 30.2 Å². The molecule has 29 heteroatoms. The summed E-state index contributed by atoms with van der Waals surface area (Å²) in [5.74, 6) is -9.26. The molecule has 0 radical (unpaired) electrons. The van der Waals surface area contributed by atoms with Gasteiger partial charge in [-0.15, -0.1) is 0 Å². The maximum atomic E-state index is 15.4. The Hall–Kier alpha value is -7.49. The normalized spacial score (nSPS) is 13.0. The van der Waals surface area contributed by atoms with Crippen LogP contribution < -0.4 is 21.3 Å². The molecule has 0 saturated carbocycles. The van der Waals surface area contributed by atoms with E-state index in [0.717, 1.165) is 0 Å². The molecule has 0 spiro atoms. The number of carbonyl (C=O) groups excluding carboxylic acids is 13.